The Hall–Kier alpha value is -1.92. The molecule has 6 heteroatoms. The summed E-state index contributed by atoms with van der Waals surface area (Å²) < 4.78 is 0. The normalized spacial score (nSPS) is 9.89. The number of benzene rings is 1. The van der Waals surface area contributed by atoms with E-state index in [1.54, 1.807) is 31.3 Å². The highest BCUT2D eigenvalue weighted by Crippen LogP contribution is 2.09. The summed E-state index contributed by atoms with van der Waals surface area (Å²) >= 11 is 0. The summed E-state index contributed by atoms with van der Waals surface area (Å²) in [6.07, 6.45) is 0. The maximum absolute atomic E-state index is 11.5. The molecule has 0 aliphatic rings. The van der Waals surface area contributed by atoms with E-state index in [2.05, 4.69) is 16.0 Å². The molecule has 0 aliphatic heterocycles. The molecule has 0 aliphatic carbocycles. The summed E-state index contributed by atoms with van der Waals surface area (Å²) in [6.45, 7) is 0.363. The van der Waals surface area contributed by atoms with Gasteiger partial charge in [-0.15, -0.1) is 0 Å². The summed E-state index contributed by atoms with van der Waals surface area (Å²) in [6, 6.07) is 6.53. The van der Waals surface area contributed by atoms with Crippen LogP contribution in [0.2, 0.25) is 0 Å². The highest BCUT2D eigenvalue weighted by molar-refractivity contribution is 5.96. The molecule has 0 spiro atoms. The zero-order valence-electron chi connectivity index (χ0n) is 10.2. The SMILES string of the molecule is CNCC(=O)Nc1ccc(C(=O)NCCO)cc1. The first-order chi connectivity index (χ1) is 8.67. The lowest BCUT2D eigenvalue weighted by atomic mass is 10.2. The molecule has 0 saturated carbocycles. The fourth-order valence-electron chi connectivity index (χ4n) is 1.34. The average Bonchev–Trinajstić information content (AvgIpc) is 2.37. The number of hydrogen-bond acceptors (Lipinski definition) is 4. The van der Waals surface area contributed by atoms with Gasteiger partial charge in [0.25, 0.3) is 5.91 Å². The van der Waals surface area contributed by atoms with Crippen molar-refractivity contribution < 1.29 is 14.7 Å². The van der Waals surface area contributed by atoms with Gasteiger partial charge >= 0.3 is 0 Å². The molecule has 6 nitrogen and oxygen atoms in total. The van der Waals surface area contributed by atoms with E-state index in [0.29, 0.717) is 11.3 Å². The van der Waals surface area contributed by atoms with Gasteiger partial charge < -0.3 is 21.1 Å². The Morgan fingerprint density at radius 2 is 1.89 bits per heavy atom. The summed E-state index contributed by atoms with van der Waals surface area (Å²) in [5, 5.41) is 16.6. The van der Waals surface area contributed by atoms with E-state index in [-0.39, 0.29) is 31.5 Å². The number of carbonyl (C=O) groups is 2. The molecule has 0 heterocycles. The Morgan fingerprint density at radius 1 is 1.22 bits per heavy atom. The quantitative estimate of drug-likeness (QED) is 0.552. The van der Waals surface area contributed by atoms with Crippen LogP contribution in [0.3, 0.4) is 0 Å². The highest BCUT2D eigenvalue weighted by Gasteiger charge is 2.05. The minimum atomic E-state index is -0.253. The predicted octanol–water partition coefficient (Wildman–Crippen LogP) is -0.433. The minimum Gasteiger partial charge on any atom is -0.395 e. The third-order valence-corrected chi connectivity index (χ3v) is 2.17. The van der Waals surface area contributed by atoms with Gasteiger partial charge in [0.2, 0.25) is 5.91 Å². The van der Waals surface area contributed by atoms with Crippen molar-refractivity contribution in [1.29, 1.82) is 0 Å². The first-order valence-electron chi connectivity index (χ1n) is 5.61. The van der Waals surface area contributed by atoms with Crippen LogP contribution in [-0.4, -0.2) is 43.7 Å². The number of likely N-dealkylation sites (N-methyl/N-ethyl adjacent to an activating group) is 1. The van der Waals surface area contributed by atoms with Gasteiger partial charge in [0.15, 0.2) is 0 Å². The molecular weight excluding hydrogens is 234 g/mol. The van der Waals surface area contributed by atoms with E-state index in [9.17, 15) is 9.59 Å². The number of nitrogens with one attached hydrogen (secondary N) is 3. The van der Waals surface area contributed by atoms with Crippen molar-refractivity contribution in [2.75, 3.05) is 32.1 Å². The maximum atomic E-state index is 11.5. The molecule has 0 fully saturated rings. The molecule has 0 aromatic heterocycles. The zero-order chi connectivity index (χ0) is 13.4. The van der Waals surface area contributed by atoms with Gasteiger partial charge in [0.05, 0.1) is 13.2 Å². The van der Waals surface area contributed by atoms with Crippen molar-refractivity contribution >= 4 is 17.5 Å². The third-order valence-electron chi connectivity index (χ3n) is 2.17. The lowest BCUT2D eigenvalue weighted by molar-refractivity contribution is -0.115. The van der Waals surface area contributed by atoms with Crippen molar-refractivity contribution in [2.45, 2.75) is 0 Å². The molecule has 4 N–H and O–H groups in total. The topological polar surface area (TPSA) is 90.5 Å². The zero-order valence-corrected chi connectivity index (χ0v) is 10.2. The van der Waals surface area contributed by atoms with Crippen molar-refractivity contribution in [3.8, 4) is 0 Å². The van der Waals surface area contributed by atoms with E-state index >= 15 is 0 Å². The fraction of sp³-hybridized carbons (Fsp3) is 0.333. The number of amides is 2. The largest absolute Gasteiger partial charge is 0.395 e. The molecule has 0 saturated heterocycles. The van der Waals surface area contributed by atoms with E-state index in [1.807, 2.05) is 0 Å². The van der Waals surface area contributed by atoms with E-state index in [1.165, 1.54) is 0 Å². The van der Waals surface area contributed by atoms with Gasteiger partial charge in [0, 0.05) is 17.8 Å². The van der Waals surface area contributed by atoms with Crippen LogP contribution in [0.25, 0.3) is 0 Å². The summed E-state index contributed by atoms with van der Waals surface area (Å²) in [7, 11) is 1.69. The molecule has 1 rings (SSSR count). The molecule has 0 unspecified atom stereocenters. The van der Waals surface area contributed by atoms with E-state index < -0.39 is 0 Å². The second-order valence-corrected chi connectivity index (χ2v) is 3.64. The number of aliphatic hydroxyl groups is 1. The molecule has 0 radical (unpaired) electrons. The van der Waals surface area contributed by atoms with Crippen LogP contribution in [0.5, 0.6) is 0 Å². The van der Waals surface area contributed by atoms with Crippen molar-refractivity contribution in [3.63, 3.8) is 0 Å². The molecule has 98 valence electrons. The van der Waals surface area contributed by atoms with Gasteiger partial charge in [0.1, 0.15) is 0 Å². The number of carbonyl (C=O) groups excluding carboxylic acids is 2. The van der Waals surface area contributed by atoms with Crippen LogP contribution in [0.15, 0.2) is 24.3 Å². The summed E-state index contributed by atoms with van der Waals surface area (Å²) in [5.74, 6) is -0.396. The Balaban J connectivity index is 2.57. The van der Waals surface area contributed by atoms with Crippen LogP contribution in [0, 0.1) is 0 Å². The second kappa shape index (κ2) is 7.41. The standard InChI is InChI=1S/C12H17N3O3/c1-13-8-11(17)15-10-4-2-9(3-5-10)12(18)14-6-7-16/h2-5,13,16H,6-8H2,1H3,(H,14,18)(H,15,17). The smallest absolute Gasteiger partial charge is 0.251 e. The molecule has 0 bridgehead atoms. The molecule has 1 aromatic rings. The van der Waals surface area contributed by atoms with Crippen molar-refractivity contribution in [1.82, 2.24) is 10.6 Å². The van der Waals surface area contributed by atoms with Crippen LogP contribution >= 0.6 is 0 Å². The highest BCUT2D eigenvalue weighted by atomic mass is 16.3. The Labute approximate surface area is 105 Å². The van der Waals surface area contributed by atoms with Gasteiger partial charge in [-0.05, 0) is 31.3 Å². The number of rotatable bonds is 6. The van der Waals surface area contributed by atoms with Crippen LogP contribution in [0.1, 0.15) is 10.4 Å². The minimum absolute atomic E-state index is 0.0934. The fourth-order valence-corrected chi connectivity index (χ4v) is 1.34. The lowest BCUT2D eigenvalue weighted by Crippen LogP contribution is -2.26. The monoisotopic (exact) mass is 251 g/mol. The second-order valence-electron chi connectivity index (χ2n) is 3.64. The van der Waals surface area contributed by atoms with E-state index in [4.69, 9.17) is 5.11 Å². The van der Waals surface area contributed by atoms with Crippen LogP contribution in [-0.2, 0) is 4.79 Å². The number of aliphatic hydroxyl groups excluding tert-OH is 1. The average molecular weight is 251 g/mol. The maximum Gasteiger partial charge on any atom is 0.251 e. The molecule has 18 heavy (non-hydrogen) atoms. The first-order valence-corrected chi connectivity index (χ1v) is 5.61. The van der Waals surface area contributed by atoms with Gasteiger partial charge in [-0.2, -0.15) is 0 Å². The molecule has 0 atom stereocenters. The van der Waals surface area contributed by atoms with Gasteiger partial charge in [-0.25, -0.2) is 0 Å². The summed E-state index contributed by atoms with van der Waals surface area (Å²) in [5.41, 5.74) is 1.11. The summed E-state index contributed by atoms with van der Waals surface area (Å²) in [4.78, 5) is 22.8. The van der Waals surface area contributed by atoms with Crippen LogP contribution < -0.4 is 16.0 Å². The van der Waals surface area contributed by atoms with Gasteiger partial charge in [-0.3, -0.25) is 9.59 Å². The van der Waals surface area contributed by atoms with Gasteiger partial charge in [-0.1, -0.05) is 0 Å². The van der Waals surface area contributed by atoms with Crippen LogP contribution in [0.4, 0.5) is 5.69 Å². The Morgan fingerprint density at radius 3 is 2.44 bits per heavy atom. The first kappa shape index (κ1) is 14.1. The number of anilines is 1. The molecule has 2 amide bonds. The third kappa shape index (κ3) is 4.52. The lowest BCUT2D eigenvalue weighted by Gasteiger charge is -2.06. The molecule has 1 aromatic carbocycles. The van der Waals surface area contributed by atoms with Crippen molar-refractivity contribution in [2.24, 2.45) is 0 Å². The Kier molecular flexibility index (Phi) is 5.83. The predicted molar refractivity (Wildman–Crippen MR) is 68.4 cm³/mol. The van der Waals surface area contributed by atoms with E-state index in [0.717, 1.165) is 0 Å². The molecular formula is C12H17N3O3. The number of hydrogen-bond donors (Lipinski definition) is 4. The Bertz CT molecular complexity index is 404. The van der Waals surface area contributed by atoms with Crippen molar-refractivity contribution in [3.05, 3.63) is 29.8 Å².